The molecule has 0 aromatic carbocycles. The van der Waals surface area contributed by atoms with Gasteiger partial charge in [-0.2, -0.15) is 15.3 Å². The van der Waals surface area contributed by atoms with Crippen molar-refractivity contribution in [3.05, 3.63) is 17.0 Å². The zero-order valence-electron chi connectivity index (χ0n) is 12.5. The van der Waals surface area contributed by atoms with E-state index in [0.717, 1.165) is 5.69 Å². The van der Waals surface area contributed by atoms with Gasteiger partial charge in [-0.25, -0.2) is 8.42 Å². The minimum absolute atomic E-state index is 0.0873. The van der Waals surface area contributed by atoms with E-state index in [2.05, 4.69) is 31.7 Å². The van der Waals surface area contributed by atoms with Gasteiger partial charge >= 0.3 is 0 Å². The fourth-order valence-electron chi connectivity index (χ4n) is 2.63. The fourth-order valence-corrected chi connectivity index (χ4v) is 4.04. The predicted octanol–water partition coefficient (Wildman–Crippen LogP) is 0.576. The van der Waals surface area contributed by atoms with E-state index in [4.69, 9.17) is 6.42 Å². The van der Waals surface area contributed by atoms with Crippen LogP contribution in [0.25, 0.3) is 0 Å². The van der Waals surface area contributed by atoms with E-state index in [1.165, 1.54) is 0 Å². The van der Waals surface area contributed by atoms with Crippen molar-refractivity contribution in [3.63, 3.8) is 0 Å². The maximum Gasteiger partial charge on any atom is 0.272 e. The van der Waals surface area contributed by atoms with Crippen molar-refractivity contribution in [3.8, 4) is 12.3 Å². The highest BCUT2D eigenvalue weighted by Crippen LogP contribution is 2.36. The number of carbonyl (C=O) groups is 1. The summed E-state index contributed by atoms with van der Waals surface area (Å²) in [6.45, 7) is 0.380. The second-order valence-electron chi connectivity index (χ2n) is 5.76. The van der Waals surface area contributed by atoms with E-state index in [9.17, 15) is 13.2 Å². The van der Waals surface area contributed by atoms with Crippen molar-refractivity contribution >= 4 is 15.7 Å². The summed E-state index contributed by atoms with van der Waals surface area (Å²) in [6.07, 6.45) is 7.43. The normalized spacial score (nSPS) is 19.6. The zero-order chi connectivity index (χ0) is 16.5. The number of amides is 1. The number of nitrogens with zero attached hydrogens (tertiary/aromatic N) is 3. The summed E-state index contributed by atoms with van der Waals surface area (Å²) >= 11 is 0. The smallest absolute Gasteiger partial charge is 0.272 e. The Hall–Kier alpha value is -2.21. The minimum Gasteiger partial charge on any atom is -0.350 e. The van der Waals surface area contributed by atoms with Crippen LogP contribution in [0.4, 0.5) is 0 Å². The van der Waals surface area contributed by atoms with Gasteiger partial charge in [-0.05, 0) is 0 Å². The number of aromatic amines is 1. The molecule has 0 radical (unpaired) electrons. The summed E-state index contributed by atoms with van der Waals surface area (Å²) in [5.74, 6) is 2.11. The third-order valence-electron chi connectivity index (χ3n) is 4.06. The Labute approximate surface area is 134 Å². The SMILES string of the molecule is C#CCCC1(CCNC(=O)c2n[nH]c3c2CS(=O)(=O)CC3)N=N1. The predicted molar refractivity (Wildman–Crippen MR) is 82.4 cm³/mol. The molecule has 0 fully saturated rings. The second kappa shape index (κ2) is 5.77. The van der Waals surface area contributed by atoms with E-state index in [-0.39, 0.29) is 23.1 Å². The topological polar surface area (TPSA) is 117 Å². The molecular weight excluding hydrogens is 318 g/mol. The van der Waals surface area contributed by atoms with Gasteiger partial charge in [-0.3, -0.25) is 9.89 Å². The van der Waals surface area contributed by atoms with Crippen LogP contribution in [-0.2, 0) is 22.0 Å². The van der Waals surface area contributed by atoms with Gasteiger partial charge < -0.3 is 5.32 Å². The first kappa shape index (κ1) is 15.7. The average Bonchev–Trinajstić information content (AvgIpc) is 3.15. The maximum atomic E-state index is 12.2. The van der Waals surface area contributed by atoms with E-state index in [1.807, 2.05) is 0 Å². The highest BCUT2D eigenvalue weighted by Gasteiger charge is 2.38. The molecule has 0 saturated heterocycles. The van der Waals surface area contributed by atoms with E-state index >= 15 is 0 Å². The fraction of sp³-hybridized carbons (Fsp3) is 0.571. The number of hydrogen-bond donors (Lipinski definition) is 2. The van der Waals surface area contributed by atoms with Crippen molar-refractivity contribution < 1.29 is 13.2 Å². The molecule has 3 rings (SSSR count). The van der Waals surface area contributed by atoms with Crippen molar-refractivity contribution in [1.82, 2.24) is 15.5 Å². The largest absolute Gasteiger partial charge is 0.350 e. The third-order valence-corrected chi connectivity index (χ3v) is 5.61. The first-order valence-electron chi connectivity index (χ1n) is 7.37. The molecule has 0 saturated carbocycles. The first-order chi connectivity index (χ1) is 10.9. The van der Waals surface area contributed by atoms with Crippen LogP contribution in [0.5, 0.6) is 0 Å². The first-order valence-corrected chi connectivity index (χ1v) is 9.19. The number of hydrogen-bond acceptors (Lipinski definition) is 6. The monoisotopic (exact) mass is 335 g/mol. The van der Waals surface area contributed by atoms with Gasteiger partial charge in [0.05, 0.1) is 11.5 Å². The summed E-state index contributed by atoms with van der Waals surface area (Å²) < 4.78 is 23.5. The Morgan fingerprint density at radius 3 is 2.87 bits per heavy atom. The van der Waals surface area contributed by atoms with Gasteiger partial charge in [0.15, 0.2) is 21.2 Å². The van der Waals surface area contributed by atoms with Gasteiger partial charge in [0.2, 0.25) is 0 Å². The average molecular weight is 335 g/mol. The molecule has 1 aromatic rings. The number of fused-ring (bicyclic) bond motifs is 1. The Kier molecular flexibility index (Phi) is 3.93. The molecule has 23 heavy (non-hydrogen) atoms. The number of sulfone groups is 1. The van der Waals surface area contributed by atoms with Gasteiger partial charge in [0.25, 0.3) is 5.91 Å². The molecule has 0 unspecified atom stereocenters. The number of aromatic nitrogens is 2. The molecule has 3 heterocycles. The lowest BCUT2D eigenvalue weighted by molar-refractivity contribution is 0.0946. The maximum absolute atomic E-state index is 12.2. The minimum atomic E-state index is -3.15. The quantitative estimate of drug-likeness (QED) is 0.739. The number of aryl methyl sites for hydroxylation is 1. The standard InChI is InChI=1S/C14H17N5O3S/c1-2-3-5-14(18-19-14)6-7-15-13(20)12-10-9-23(21,22)8-4-11(10)16-17-12/h1H,3-9H2,(H,15,20)(H,16,17). The number of H-pyrrole nitrogens is 1. The molecule has 2 aliphatic heterocycles. The summed E-state index contributed by atoms with van der Waals surface area (Å²) in [7, 11) is -3.15. The van der Waals surface area contributed by atoms with Crippen LogP contribution in [0.15, 0.2) is 10.2 Å². The van der Waals surface area contributed by atoms with Gasteiger partial charge in [-0.15, -0.1) is 12.3 Å². The van der Waals surface area contributed by atoms with Crippen LogP contribution in [0.2, 0.25) is 0 Å². The molecular formula is C14H17N5O3S. The number of rotatable bonds is 6. The zero-order valence-corrected chi connectivity index (χ0v) is 13.3. The molecule has 1 aromatic heterocycles. The highest BCUT2D eigenvalue weighted by molar-refractivity contribution is 7.90. The van der Waals surface area contributed by atoms with Crippen molar-refractivity contribution in [1.29, 1.82) is 0 Å². The summed E-state index contributed by atoms with van der Waals surface area (Å²) in [5, 5.41) is 17.5. The number of terminal acetylenes is 1. The molecule has 0 bridgehead atoms. The molecule has 2 N–H and O–H groups in total. The van der Waals surface area contributed by atoms with E-state index < -0.39 is 15.5 Å². The van der Waals surface area contributed by atoms with Crippen LogP contribution >= 0.6 is 0 Å². The van der Waals surface area contributed by atoms with Crippen LogP contribution in [0.3, 0.4) is 0 Å². The molecule has 2 aliphatic rings. The van der Waals surface area contributed by atoms with Gasteiger partial charge in [0, 0.05) is 43.5 Å². The Morgan fingerprint density at radius 2 is 2.17 bits per heavy atom. The molecule has 122 valence electrons. The molecule has 8 nitrogen and oxygen atoms in total. The number of carbonyl (C=O) groups excluding carboxylic acids is 1. The van der Waals surface area contributed by atoms with Gasteiger partial charge in [0.1, 0.15) is 0 Å². The molecule has 0 spiro atoms. The van der Waals surface area contributed by atoms with Gasteiger partial charge in [-0.1, -0.05) is 0 Å². The third kappa shape index (κ3) is 3.42. The van der Waals surface area contributed by atoms with Crippen LogP contribution in [0.1, 0.15) is 41.0 Å². The van der Waals surface area contributed by atoms with E-state index in [1.54, 1.807) is 0 Å². The second-order valence-corrected chi connectivity index (χ2v) is 7.95. The van der Waals surface area contributed by atoms with Crippen molar-refractivity contribution in [2.24, 2.45) is 10.2 Å². The van der Waals surface area contributed by atoms with Crippen molar-refractivity contribution in [2.75, 3.05) is 12.3 Å². The molecule has 0 atom stereocenters. The Bertz CT molecular complexity index is 797. The lowest BCUT2D eigenvalue weighted by Gasteiger charge is -2.13. The lowest BCUT2D eigenvalue weighted by Crippen LogP contribution is -2.30. The summed E-state index contributed by atoms with van der Waals surface area (Å²) in [6, 6.07) is 0. The summed E-state index contributed by atoms with van der Waals surface area (Å²) in [4.78, 5) is 12.2. The van der Waals surface area contributed by atoms with E-state index in [0.29, 0.717) is 37.8 Å². The Morgan fingerprint density at radius 1 is 1.39 bits per heavy atom. The highest BCUT2D eigenvalue weighted by atomic mass is 32.2. The molecule has 1 amide bonds. The van der Waals surface area contributed by atoms with Crippen LogP contribution < -0.4 is 5.32 Å². The molecule has 0 aliphatic carbocycles. The summed E-state index contributed by atoms with van der Waals surface area (Å²) in [5.41, 5.74) is 0.915. The van der Waals surface area contributed by atoms with Crippen LogP contribution in [-0.4, -0.2) is 42.5 Å². The number of nitrogens with one attached hydrogen (secondary N) is 2. The molecule has 9 heteroatoms. The Balaban J connectivity index is 1.58. The lowest BCUT2D eigenvalue weighted by atomic mass is 10.0. The van der Waals surface area contributed by atoms with Crippen LogP contribution in [0, 0.1) is 12.3 Å². The van der Waals surface area contributed by atoms with Crippen molar-refractivity contribution in [2.45, 2.75) is 37.1 Å².